The average Bonchev–Trinajstić information content (AvgIpc) is 2.50. The standard InChI is InChI=1S/C16H13F2N3/c17-12-6-5-11(14(18)9-12)7-8-19-16-13-3-1-2-4-15(13)20-10-21-16/h1-6,9-10H,7-8H2,(H,19,20,21). The predicted octanol–water partition coefficient (Wildman–Crippen LogP) is 3.56. The molecule has 3 rings (SSSR count). The van der Waals surface area contributed by atoms with Gasteiger partial charge in [-0.1, -0.05) is 18.2 Å². The minimum atomic E-state index is -0.564. The highest BCUT2D eigenvalue weighted by Gasteiger charge is 2.05. The van der Waals surface area contributed by atoms with E-state index in [1.165, 1.54) is 18.5 Å². The average molecular weight is 285 g/mol. The Balaban J connectivity index is 1.72. The maximum Gasteiger partial charge on any atom is 0.137 e. The molecule has 1 aromatic heterocycles. The molecule has 106 valence electrons. The molecule has 3 nitrogen and oxygen atoms in total. The van der Waals surface area contributed by atoms with E-state index in [2.05, 4.69) is 15.3 Å². The molecule has 5 heteroatoms. The van der Waals surface area contributed by atoms with Gasteiger partial charge >= 0.3 is 0 Å². The summed E-state index contributed by atoms with van der Waals surface area (Å²) in [6.45, 7) is 0.504. The fourth-order valence-corrected chi connectivity index (χ4v) is 2.19. The van der Waals surface area contributed by atoms with E-state index in [0.717, 1.165) is 17.0 Å². The van der Waals surface area contributed by atoms with Gasteiger partial charge in [-0.2, -0.15) is 0 Å². The molecule has 0 spiro atoms. The smallest absolute Gasteiger partial charge is 0.137 e. The van der Waals surface area contributed by atoms with Gasteiger partial charge in [0.05, 0.1) is 5.52 Å². The van der Waals surface area contributed by atoms with Crippen LogP contribution in [0.25, 0.3) is 10.9 Å². The van der Waals surface area contributed by atoms with Crippen molar-refractivity contribution in [1.29, 1.82) is 0 Å². The largest absolute Gasteiger partial charge is 0.369 e. The monoisotopic (exact) mass is 285 g/mol. The van der Waals surface area contributed by atoms with Crippen molar-refractivity contribution in [2.45, 2.75) is 6.42 Å². The molecule has 3 aromatic rings. The van der Waals surface area contributed by atoms with Crippen LogP contribution in [0.15, 0.2) is 48.8 Å². The van der Waals surface area contributed by atoms with E-state index < -0.39 is 11.6 Å². The third-order valence-electron chi connectivity index (χ3n) is 3.24. The maximum atomic E-state index is 13.5. The fourth-order valence-electron chi connectivity index (χ4n) is 2.19. The Labute approximate surface area is 120 Å². The van der Waals surface area contributed by atoms with Gasteiger partial charge in [0.25, 0.3) is 0 Å². The van der Waals surface area contributed by atoms with Crippen LogP contribution in [0.2, 0.25) is 0 Å². The Morgan fingerprint density at radius 3 is 2.71 bits per heavy atom. The highest BCUT2D eigenvalue weighted by Crippen LogP contribution is 2.18. The van der Waals surface area contributed by atoms with E-state index in [0.29, 0.717) is 24.3 Å². The van der Waals surface area contributed by atoms with Crippen LogP contribution >= 0.6 is 0 Å². The van der Waals surface area contributed by atoms with Gasteiger partial charge in [-0.15, -0.1) is 0 Å². The molecule has 21 heavy (non-hydrogen) atoms. The lowest BCUT2D eigenvalue weighted by Gasteiger charge is -2.08. The SMILES string of the molecule is Fc1ccc(CCNc2ncnc3ccccc23)c(F)c1. The molecule has 0 atom stereocenters. The maximum absolute atomic E-state index is 13.5. The molecule has 1 heterocycles. The Morgan fingerprint density at radius 1 is 1.00 bits per heavy atom. The number of halogens is 2. The highest BCUT2D eigenvalue weighted by molar-refractivity contribution is 5.88. The molecule has 0 radical (unpaired) electrons. The first kappa shape index (κ1) is 13.4. The molecule has 0 aliphatic carbocycles. The number of aromatic nitrogens is 2. The summed E-state index contributed by atoms with van der Waals surface area (Å²) in [5.74, 6) is -0.376. The van der Waals surface area contributed by atoms with Crippen LogP contribution in [0.5, 0.6) is 0 Å². The molecule has 0 fully saturated rings. The zero-order chi connectivity index (χ0) is 14.7. The molecular formula is C16H13F2N3. The number of hydrogen-bond donors (Lipinski definition) is 1. The molecule has 0 saturated carbocycles. The molecule has 0 aliphatic heterocycles. The van der Waals surface area contributed by atoms with Crippen molar-refractivity contribution >= 4 is 16.7 Å². The number of fused-ring (bicyclic) bond motifs is 1. The number of para-hydroxylation sites is 1. The Kier molecular flexibility index (Phi) is 3.73. The topological polar surface area (TPSA) is 37.8 Å². The van der Waals surface area contributed by atoms with Gasteiger partial charge in [-0.05, 0) is 30.2 Å². The number of nitrogens with zero attached hydrogens (tertiary/aromatic N) is 2. The van der Waals surface area contributed by atoms with Crippen molar-refractivity contribution in [1.82, 2.24) is 9.97 Å². The van der Waals surface area contributed by atoms with Crippen molar-refractivity contribution in [3.05, 3.63) is 66.0 Å². The van der Waals surface area contributed by atoms with Crippen molar-refractivity contribution in [2.24, 2.45) is 0 Å². The van der Waals surface area contributed by atoms with Gasteiger partial charge in [0.1, 0.15) is 23.8 Å². The molecule has 0 aliphatic rings. The summed E-state index contributed by atoms with van der Waals surface area (Å²) < 4.78 is 26.4. The summed E-state index contributed by atoms with van der Waals surface area (Å²) in [4.78, 5) is 8.38. The van der Waals surface area contributed by atoms with E-state index >= 15 is 0 Å². The van der Waals surface area contributed by atoms with Crippen molar-refractivity contribution in [3.63, 3.8) is 0 Å². The van der Waals surface area contributed by atoms with E-state index in [4.69, 9.17) is 0 Å². The van der Waals surface area contributed by atoms with Crippen LogP contribution in [0.3, 0.4) is 0 Å². The first-order valence-electron chi connectivity index (χ1n) is 6.61. The summed E-state index contributed by atoms with van der Waals surface area (Å²) in [5, 5.41) is 4.08. The summed E-state index contributed by atoms with van der Waals surface area (Å²) in [7, 11) is 0. The highest BCUT2D eigenvalue weighted by atomic mass is 19.1. The Morgan fingerprint density at radius 2 is 1.86 bits per heavy atom. The van der Waals surface area contributed by atoms with Gasteiger partial charge < -0.3 is 5.32 Å². The van der Waals surface area contributed by atoms with Crippen LogP contribution in [-0.2, 0) is 6.42 Å². The van der Waals surface area contributed by atoms with E-state index in [9.17, 15) is 8.78 Å². The van der Waals surface area contributed by atoms with Crippen molar-refractivity contribution in [2.75, 3.05) is 11.9 Å². The number of nitrogens with one attached hydrogen (secondary N) is 1. The quantitative estimate of drug-likeness (QED) is 0.796. The predicted molar refractivity (Wildman–Crippen MR) is 78.1 cm³/mol. The second kappa shape index (κ2) is 5.83. The lowest BCUT2D eigenvalue weighted by Crippen LogP contribution is -2.08. The second-order valence-electron chi connectivity index (χ2n) is 4.65. The van der Waals surface area contributed by atoms with Crippen molar-refractivity contribution in [3.8, 4) is 0 Å². The van der Waals surface area contributed by atoms with Gasteiger partial charge in [-0.3, -0.25) is 0 Å². The molecule has 0 bridgehead atoms. The third kappa shape index (κ3) is 2.97. The summed E-state index contributed by atoms with van der Waals surface area (Å²) in [5.41, 5.74) is 1.32. The molecule has 1 N–H and O–H groups in total. The van der Waals surface area contributed by atoms with Crippen LogP contribution in [-0.4, -0.2) is 16.5 Å². The van der Waals surface area contributed by atoms with Gasteiger partial charge in [0, 0.05) is 18.0 Å². The van der Waals surface area contributed by atoms with E-state index in [-0.39, 0.29) is 0 Å². The number of anilines is 1. The summed E-state index contributed by atoms with van der Waals surface area (Å²) in [6, 6.07) is 11.3. The summed E-state index contributed by atoms with van der Waals surface area (Å²) >= 11 is 0. The third-order valence-corrected chi connectivity index (χ3v) is 3.24. The zero-order valence-electron chi connectivity index (χ0n) is 11.2. The molecule has 0 saturated heterocycles. The van der Waals surface area contributed by atoms with Gasteiger partial charge in [-0.25, -0.2) is 18.7 Å². The lowest BCUT2D eigenvalue weighted by molar-refractivity contribution is 0.572. The first-order chi connectivity index (χ1) is 10.2. The number of hydrogen-bond acceptors (Lipinski definition) is 3. The van der Waals surface area contributed by atoms with Crippen LogP contribution in [0, 0.1) is 11.6 Å². The molecule has 2 aromatic carbocycles. The lowest BCUT2D eigenvalue weighted by atomic mass is 10.1. The number of benzene rings is 2. The van der Waals surface area contributed by atoms with Crippen LogP contribution in [0.1, 0.15) is 5.56 Å². The van der Waals surface area contributed by atoms with Crippen LogP contribution < -0.4 is 5.32 Å². The zero-order valence-corrected chi connectivity index (χ0v) is 11.2. The van der Waals surface area contributed by atoms with Crippen molar-refractivity contribution < 1.29 is 8.78 Å². The van der Waals surface area contributed by atoms with E-state index in [1.54, 1.807) is 0 Å². The normalized spacial score (nSPS) is 10.8. The van der Waals surface area contributed by atoms with Crippen LogP contribution in [0.4, 0.5) is 14.6 Å². The first-order valence-corrected chi connectivity index (χ1v) is 6.61. The Bertz CT molecular complexity index is 769. The minimum absolute atomic E-state index is 0.449. The molecule has 0 unspecified atom stereocenters. The van der Waals surface area contributed by atoms with Gasteiger partial charge in [0.15, 0.2) is 0 Å². The van der Waals surface area contributed by atoms with E-state index in [1.807, 2.05) is 24.3 Å². The fraction of sp³-hybridized carbons (Fsp3) is 0.125. The minimum Gasteiger partial charge on any atom is -0.369 e. The molecule has 0 amide bonds. The number of rotatable bonds is 4. The Hall–Kier alpha value is -2.56. The van der Waals surface area contributed by atoms with Gasteiger partial charge in [0.2, 0.25) is 0 Å². The second-order valence-corrected chi connectivity index (χ2v) is 4.65. The molecular weight excluding hydrogens is 272 g/mol. The summed E-state index contributed by atoms with van der Waals surface area (Å²) in [6.07, 6.45) is 1.94.